The highest BCUT2D eigenvalue weighted by molar-refractivity contribution is 5.35. The van der Waals surface area contributed by atoms with Gasteiger partial charge in [-0.15, -0.1) is 6.58 Å². The van der Waals surface area contributed by atoms with Gasteiger partial charge in [0.15, 0.2) is 0 Å². The molecule has 0 fully saturated rings. The summed E-state index contributed by atoms with van der Waals surface area (Å²) in [4.78, 5) is 0. The molecule has 3 rings (SSSR count). The van der Waals surface area contributed by atoms with E-state index < -0.39 is 40.9 Å². The minimum atomic E-state index is -1.85. The Morgan fingerprint density at radius 3 is 1.84 bits per heavy atom. The summed E-state index contributed by atoms with van der Waals surface area (Å²) >= 11 is 0. The molecule has 0 aromatic heterocycles. The molecular weight excluding hydrogens is 408 g/mol. The molecule has 0 amide bonds. The van der Waals surface area contributed by atoms with E-state index in [0.29, 0.717) is 17.7 Å². The van der Waals surface area contributed by atoms with Gasteiger partial charge in [-0.1, -0.05) is 36.4 Å². The Balaban J connectivity index is 2.00. The Hall–Kier alpha value is -2.96. The van der Waals surface area contributed by atoms with Crippen molar-refractivity contribution >= 4 is 0 Å². The molecule has 0 radical (unpaired) electrons. The van der Waals surface area contributed by atoms with Crippen LogP contribution in [-0.2, 0) is 5.60 Å². The molecule has 3 atom stereocenters. The summed E-state index contributed by atoms with van der Waals surface area (Å²) in [6, 6.07) is 14.2. The summed E-state index contributed by atoms with van der Waals surface area (Å²) in [6.07, 6.45) is -0.140. The average Bonchev–Trinajstić information content (AvgIpc) is 2.72. The lowest BCUT2D eigenvalue weighted by molar-refractivity contribution is -0.00266. The van der Waals surface area contributed by atoms with E-state index in [2.05, 4.69) is 6.58 Å². The first-order chi connectivity index (χ1) is 14.7. The molecule has 6 heteroatoms. The fraction of sp³-hybridized carbons (Fsp3) is 0.200. The number of aliphatic hydroxyl groups is 2. The van der Waals surface area contributed by atoms with E-state index in [0.717, 1.165) is 24.3 Å². The van der Waals surface area contributed by atoms with Crippen molar-refractivity contribution < 1.29 is 27.8 Å². The second-order valence-corrected chi connectivity index (χ2v) is 7.46. The highest BCUT2D eigenvalue weighted by atomic mass is 19.1. The first-order valence-electron chi connectivity index (χ1n) is 9.73. The van der Waals surface area contributed by atoms with Gasteiger partial charge in [-0.3, -0.25) is 0 Å². The van der Waals surface area contributed by atoms with E-state index in [4.69, 9.17) is 0 Å². The molecule has 0 spiro atoms. The Morgan fingerprint density at radius 1 is 0.806 bits per heavy atom. The molecule has 3 aromatic carbocycles. The standard InChI is InChI=1S/C25H22F4O2/c1-2-23(16-6-4-3-5-7-16)25(31,18-12-21(28)15-22(29)13-18)9-8-24(30)17-10-19(26)14-20(27)11-17/h2-7,10-15,23-24,30-31H,1,8-9H2/t23-,24-,25-/m1/s1. The average molecular weight is 430 g/mol. The smallest absolute Gasteiger partial charge is 0.126 e. The Kier molecular flexibility index (Phi) is 6.93. The van der Waals surface area contributed by atoms with Crippen molar-refractivity contribution in [2.45, 2.75) is 30.5 Å². The topological polar surface area (TPSA) is 40.5 Å². The quantitative estimate of drug-likeness (QED) is 0.344. The summed E-state index contributed by atoms with van der Waals surface area (Å²) in [5.41, 5.74) is -1.23. The molecule has 0 heterocycles. The van der Waals surface area contributed by atoms with Gasteiger partial charge in [0.05, 0.1) is 6.10 Å². The third kappa shape index (κ3) is 5.21. The Bertz CT molecular complexity index is 1010. The van der Waals surface area contributed by atoms with Gasteiger partial charge in [0.2, 0.25) is 0 Å². The van der Waals surface area contributed by atoms with Gasteiger partial charge < -0.3 is 10.2 Å². The second-order valence-electron chi connectivity index (χ2n) is 7.46. The zero-order chi connectivity index (χ0) is 22.6. The van der Waals surface area contributed by atoms with Gasteiger partial charge in [0.25, 0.3) is 0 Å². The predicted octanol–water partition coefficient (Wildman–Crippen LogP) is 5.91. The maximum atomic E-state index is 14.0. The van der Waals surface area contributed by atoms with E-state index in [9.17, 15) is 27.8 Å². The Morgan fingerprint density at radius 2 is 1.32 bits per heavy atom. The second kappa shape index (κ2) is 9.45. The SMILES string of the molecule is C=C[C@H](c1ccccc1)[C@@](O)(CC[C@@H](O)c1cc(F)cc(F)c1)c1cc(F)cc(F)c1. The van der Waals surface area contributed by atoms with Crippen LogP contribution < -0.4 is 0 Å². The van der Waals surface area contributed by atoms with Crippen LogP contribution in [0, 0.1) is 23.3 Å². The van der Waals surface area contributed by atoms with Crippen LogP contribution in [0.3, 0.4) is 0 Å². The van der Waals surface area contributed by atoms with Gasteiger partial charge >= 0.3 is 0 Å². The van der Waals surface area contributed by atoms with E-state index in [-0.39, 0.29) is 24.0 Å². The number of halogens is 4. The third-order valence-electron chi connectivity index (χ3n) is 5.34. The lowest BCUT2D eigenvalue weighted by Gasteiger charge is -2.36. The first-order valence-corrected chi connectivity index (χ1v) is 9.73. The van der Waals surface area contributed by atoms with Crippen molar-refractivity contribution in [1.82, 2.24) is 0 Å². The molecule has 0 saturated carbocycles. The molecule has 162 valence electrons. The highest BCUT2D eigenvalue weighted by Gasteiger charge is 2.39. The van der Waals surface area contributed by atoms with E-state index >= 15 is 0 Å². The summed E-state index contributed by atoms with van der Waals surface area (Å²) in [6.45, 7) is 3.77. The number of benzene rings is 3. The van der Waals surface area contributed by atoms with Gasteiger partial charge in [-0.05, 0) is 53.8 Å². The number of aliphatic hydroxyl groups excluding tert-OH is 1. The van der Waals surface area contributed by atoms with Crippen LogP contribution in [-0.4, -0.2) is 10.2 Å². The number of rotatable bonds is 8. The van der Waals surface area contributed by atoms with E-state index in [1.54, 1.807) is 30.3 Å². The summed E-state index contributed by atoms with van der Waals surface area (Å²) in [7, 11) is 0. The zero-order valence-corrected chi connectivity index (χ0v) is 16.6. The molecule has 3 aromatic rings. The molecule has 0 bridgehead atoms. The summed E-state index contributed by atoms with van der Waals surface area (Å²) in [5.74, 6) is -4.19. The monoisotopic (exact) mass is 430 g/mol. The van der Waals surface area contributed by atoms with Crippen LogP contribution >= 0.6 is 0 Å². The molecule has 0 saturated heterocycles. The molecule has 31 heavy (non-hydrogen) atoms. The lowest BCUT2D eigenvalue weighted by Crippen LogP contribution is -2.33. The largest absolute Gasteiger partial charge is 0.388 e. The normalized spacial score (nSPS) is 15.2. The van der Waals surface area contributed by atoms with Crippen LogP contribution in [0.5, 0.6) is 0 Å². The minimum absolute atomic E-state index is 0.000127. The van der Waals surface area contributed by atoms with Crippen LogP contribution in [0.2, 0.25) is 0 Å². The molecule has 0 unspecified atom stereocenters. The van der Waals surface area contributed by atoms with Crippen molar-refractivity contribution in [2.24, 2.45) is 0 Å². The van der Waals surface area contributed by atoms with Crippen molar-refractivity contribution in [3.05, 3.63) is 119 Å². The van der Waals surface area contributed by atoms with Crippen molar-refractivity contribution in [1.29, 1.82) is 0 Å². The van der Waals surface area contributed by atoms with Gasteiger partial charge in [-0.2, -0.15) is 0 Å². The van der Waals surface area contributed by atoms with Crippen molar-refractivity contribution in [2.75, 3.05) is 0 Å². The van der Waals surface area contributed by atoms with Crippen LogP contribution in [0.25, 0.3) is 0 Å². The maximum absolute atomic E-state index is 14.0. The predicted molar refractivity (Wildman–Crippen MR) is 110 cm³/mol. The summed E-state index contributed by atoms with van der Waals surface area (Å²) in [5, 5.41) is 22.2. The van der Waals surface area contributed by atoms with Crippen molar-refractivity contribution in [3.8, 4) is 0 Å². The zero-order valence-electron chi connectivity index (χ0n) is 16.6. The Labute approximate surface area is 178 Å². The molecule has 0 aliphatic rings. The summed E-state index contributed by atoms with van der Waals surface area (Å²) < 4.78 is 55.0. The number of hydrogen-bond donors (Lipinski definition) is 2. The fourth-order valence-corrected chi connectivity index (χ4v) is 3.84. The van der Waals surface area contributed by atoms with Crippen molar-refractivity contribution in [3.63, 3.8) is 0 Å². The molecular formula is C25H22F4O2. The van der Waals surface area contributed by atoms with Crippen LogP contribution in [0.4, 0.5) is 17.6 Å². The number of hydrogen-bond acceptors (Lipinski definition) is 2. The molecule has 0 aliphatic carbocycles. The molecule has 2 N–H and O–H groups in total. The maximum Gasteiger partial charge on any atom is 0.126 e. The lowest BCUT2D eigenvalue weighted by atomic mass is 9.74. The fourth-order valence-electron chi connectivity index (χ4n) is 3.84. The first kappa shape index (κ1) is 22.7. The minimum Gasteiger partial charge on any atom is -0.388 e. The van der Waals surface area contributed by atoms with Gasteiger partial charge in [-0.25, -0.2) is 17.6 Å². The van der Waals surface area contributed by atoms with Gasteiger partial charge in [0, 0.05) is 18.1 Å². The van der Waals surface area contributed by atoms with Gasteiger partial charge in [0.1, 0.15) is 28.9 Å². The van der Waals surface area contributed by atoms with E-state index in [1.807, 2.05) is 0 Å². The van der Waals surface area contributed by atoms with E-state index in [1.165, 1.54) is 6.08 Å². The third-order valence-corrected chi connectivity index (χ3v) is 5.34. The molecule has 2 nitrogen and oxygen atoms in total. The molecule has 0 aliphatic heterocycles. The van der Waals surface area contributed by atoms with Crippen LogP contribution in [0.15, 0.2) is 79.4 Å². The highest BCUT2D eigenvalue weighted by Crippen LogP contribution is 2.43. The van der Waals surface area contributed by atoms with Crippen LogP contribution in [0.1, 0.15) is 41.6 Å².